The number of anilines is 1. The Bertz CT molecular complexity index is 1250. The first kappa shape index (κ1) is 18.5. The number of benzene rings is 1. The predicted octanol–water partition coefficient (Wildman–Crippen LogP) is 4.15. The van der Waals surface area contributed by atoms with Gasteiger partial charge in [-0.2, -0.15) is 0 Å². The van der Waals surface area contributed by atoms with E-state index in [4.69, 9.17) is 0 Å². The molecular weight excluding hydrogens is 392 g/mol. The van der Waals surface area contributed by atoms with Crippen LogP contribution >= 0.6 is 22.7 Å². The lowest BCUT2D eigenvalue weighted by molar-refractivity contribution is -0.116. The van der Waals surface area contributed by atoms with Gasteiger partial charge in [-0.3, -0.25) is 14.2 Å². The van der Waals surface area contributed by atoms with Gasteiger partial charge in [0.05, 0.1) is 17.4 Å². The van der Waals surface area contributed by atoms with E-state index in [1.807, 2.05) is 10.8 Å². The summed E-state index contributed by atoms with van der Waals surface area (Å²) in [6.07, 6.45) is 1.41. The van der Waals surface area contributed by atoms with Crippen LogP contribution in [0.2, 0.25) is 0 Å². The quantitative estimate of drug-likeness (QED) is 0.548. The molecule has 4 rings (SSSR count). The highest BCUT2D eigenvalue weighted by atomic mass is 32.1. The fraction of sp³-hybridized carbons (Fsp3) is 0.200. The molecule has 0 aliphatic heterocycles. The van der Waals surface area contributed by atoms with E-state index in [-0.39, 0.29) is 18.0 Å². The van der Waals surface area contributed by atoms with Crippen LogP contribution in [0.4, 0.5) is 5.13 Å². The van der Waals surface area contributed by atoms with Crippen molar-refractivity contribution in [2.75, 3.05) is 5.32 Å². The van der Waals surface area contributed by atoms with E-state index in [9.17, 15) is 9.59 Å². The number of nitrogens with zero attached hydrogens (tertiary/aromatic N) is 3. The van der Waals surface area contributed by atoms with Crippen molar-refractivity contribution >= 4 is 43.9 Å². The summed E-state index contributed by atoms with van der Waals surface area (Å²) in [6, 6.07) is 5.98. The lowest BCUT2D eigenvalue weighted by Crippen LogP contribution is -2.27. The van der Waals surface area contributed by atoms with Gasteiger partial charge in [0, 0.05) is 10.9 Å². The molecule has 0 bridgehead atoms. The van der Waals surface area contributed by atoms with Gasteiger partial charge in [0.1, 0.15) is 11.4 Å². The fourth-order valence-electron chi connectivity index (χ4n) is 3.01. The zero-order valence-electron chi connectivity index (χ0n) is 15.6. The molecule has 0 atom stereocenters. The largest absolute Gasteiger partial charge is 0.300 e. The molecule has 0 saturated carbocycles. The third-order valence-corrected chi connectivity index (χ3v) is 6.21. The van der Waals surface area contributed by atoms with Gasteiger partial charge in [-0.25, -0.2) is 9.97 Å². The Morgan fingerprint density at radius 3 is 2.75 bits per heavy atom. The number of carbonyl (C=O) groups is 1. The Morgan fingerprint density at radius 1 is 1.14 bits per heavy atom. The Balaban J connectivity index is 1.52. The highest BCUT2D eigenvalue weighted by Gasteiger charge is 2.13. The van der Waals surface area contributed by atoms with Crippen molar-refractivity contribution in [3.8, 4) is 11.3 Å². The van der Waals surface area contributed by atoms with Crippen molar-refractivity contribution in [3.05, 3.63) is 62.3 Å². The zero-order chi connectivity index (χ0) is 19.8. The molecule has 0 saturated heterocycles. The molecule has 8 heteroatoms. The van der Waals surface area contributed by atoms with Crippen molar-refractivity contribution in [3.63, 3.8) is 0 Å². The molecule has 0 spiro atoms. The van der Waals surface area contributed by atoms with Gasteiger partial charge >= 0.3 is 0 Å². The lowest BCUT2D eigenvalue weighted by Gasteiger charge is -2.07. The Labute approximate surface area is 169 Å². The molecule has 1 N–H and O–H groups in total. The number of aryl methyl sites for hydroxylation is 3. The summed E-state index contributed by atoms with van der Waals surface area (Å²) in [7, 11) is 0. The highest BCUT2D eigenvalue weighted by Crippen LogP contribution is 2.29. The van der Waals surface area contributed by atoms with E-state index in [0.29, 0.717) is 15.3 Å². The van der Waals surface area contributed by atoms with Crippen LogP contribution in [0.15, 0.2) is 40.1 Å². The Hall–Kier alpha value is -2.84. The third kappa shape index (κ3) is 3.48. The van der Waals surface area contributed by atoms with E-state index in [1.54, 1.807) is 6.07 Å². The summed E-state index contributed by atoms with van der Waals surface area (Å²) < 4.78 is 1.31. The van der Waals surface area contributed by atoms with E-state index in [1.165, 1.54) is 44.7 Å². The van der Waals surface area contributed by atoms with E-state index in [0.717, 1.165) is 16.8 Å². The average molecular weight is 411 g/mol. The second-order valence-electron chi connectivity index (χ2n) is 6.65. The van der Waals surface area contributed by atoms with Crippen LogP contribution < -0.4 is 10.9 Å². The minimum absolute atomic E-state index is 0.102. The molecule has 0 aliphatic carbocycles. The smallest absolute Gasteiger partial charge is 0.262 e. The van der Waals surface area contributed by atoms with Gasteiger partial charge in [0.15, 0.2) is 5.13 Å². The minimum Gasteiger partial charge on any atom is -0.300 e. The zero-order valence-corrected chi connectivity index (χ0v) is 17.3. The third-order valence-electron chi connectivity index (χ3n) is 4.63. The lowest BCUT2D eigenvalue weighted by atomic mass is 9.99. The number of hydrogen-bond donors (Lipinski definition) is 1. The average Bonchev–Trinajstić information content (AvgIpc) is 3.30. The van der Waals surface area contributed by atoms with Crippen LogP contribution in [0.3, 0.4) is 0 Å². The van der Waals surface area contributed by atoms with E-state index >= 15 is 0 Å². The standard InChI is InChI=1S/C20H18N4O2S2/c1-11-6-13(3)15(7-12(11)2)16-9-28-20(22-16)23-17(25)8-24-10-21-18-14(19(24)26)4-5-27-18/h4-7,9-10H,8H2,1-3H3,(H,22,23,25). The molecule has 142 valence electrons. The van der Waals surface area contributed by atoms with Crippen molar-refractivity contribution in [2.24, 2.45) is 0 Å². The van der Waals surface area contributed by atoms with Crippen molar-refractivity contribution in [1.82, 2.24) is 14.5 Å². The number of carbonyl (C=O) groups excluding carboxylic acids is 1. The maximum absolute atomic E-state index is 12.4. The van der Waals surface area contributed by atoms with Crippen LogP contribution in [-0.4, -0.2) is 20.4 Å². The summed E-state index contributed by atoms with van der Waals surface area (Å²) in [5.74, 6) is -0.309. The number of aromatic nitrogens is 3. The topological polar surface area (TPSA) is 76.9 Å². The van der Waals surface area contributed by atoms with Gasteiger partial charge in [-0.15, -0.1) is 22.7 Å². The molecule has 4 aromatic rings. The molecule has 0 fully saturated rings. The summed E-state index contributed by atoms with van der Waals surface area (Å²) in [6.45, 7) is 6.11. The summed E-state index contributed by atoms with van der Waals surface area (Å²) >= 11 is 2.77. The fourth-order valence-corrected chi connectivity index (χ4v) is 4.46. The minimum atomic E-state index is -0.309. The monoisotopic (exact) mass is 410 g/mol. The van der Waals surface area contributed by atoms with Gasteiger partial charge in [0.25, 0.3) is 5.56 Å². The van der Waals surface area contributed by atoms with Crippen LogP contribution in [0.1, 0.15) is 16.7 Å². The number of rotatable bonds is 4. The normalized spacial score (nSPS) is 11.1. The number of amides is 1. The number of nitrogens with one attached hydrogen (secondary N) is 1. The van der Waals surface area contributed by atoms with Crippen LogP contribution in [0.5, 0.6) is 0 Å². The maximum Gasteiger partial charge on any atom is 0.262 e. The molecule has 3 heterocycles. The second kappa shape index (κ2) is 7.29. The first-order chi connectivity index (χ1) is 13.4. The molecule has 0 radical (unpaired) electrons. The number of fused-ring (bicyclic) bond motifs is 1. The number of thiazole rings is 1. The predicted molar refractivity (Wildman–Crippen MR) is 114 cm³/mol. The van der Waals surface area contributed by atoms with Gasteiger partial charge < -0.3 is 5.32 Å². The Morgan fingerprint density at radius 2 is 1.93 bits per heavy atom. The van der Waals surface area contributed by atoms with Crippen LogP contribution in [-0.2, 0) is 11.3 Å². The first-order valence-electron chi connectivity index (χ1n) is 8.68. The second-order valence-corrected chi connectivity index (χ2v) is 8.41. The molecule has 3 aromatic heterocycles. The van der Waals surface area contributed by atoms with Crippen molar-refractivity contribution in [1.29, 1.82) is 0 Å². The van der Waals surface area contributed by atoms with E-state index < -0.39 is 0 Å². The van der Waals surface area contributed by atoms with Crippen molar-refractivity contribution in [2.45, 2.75) is 27.3 Å². The molecular formula is C20H18N4O2S2. The summed E-state index contributed by atoms with van der Waals surface area (Å²) in [5, 5.41) is 7.56. The van der Waals surface area contributed by atoms with Gasteiger partial charge in [-0.05, 0) is 55.0 Å². The highest BCUT2D eigenvalue weighted by molar-refractivity contribution is 7.16. The molecule has 6 nitrogen and oxygen atoms in total. The summed E-state index contributed by atoms with van der Waals surface area (Å²) in [5.41, 5.74) is 5.27. The van der Waals surface area contributed by atoms with Gasteiger partial charge in [0.2, 0.25) is 5.91 Å². The molecule has 0 aliphatic rings. The van der Waals surface area contributed by atoms with Crippen molar-refractivity contribution < 1.29 is 4.79 Å². The van der Waals surface area contributed by atoms with Crippen LogP contribution in [0.25, 0.3) is 21.5 Å². The maximum atomic E-state index is 12.4. The van der Waals surface area contributed by atoms with Gasteiger partial charge in [-0.1, -0.05) is 6.07 Å². The molecule has 1 aromatic carbocycles. The first-order valence-corrected chi connectivity index (χ1v) is 10.4. The molecule has 28 heavy (non-hydrogen) atoms. The number of thiophene rings is 1. The number of hydrogen-bond acceptors (Lipinski definition) is 6. The molecule has 1 amide bonds. The van der Waals surface area contributed by atoms with Crippen LogP contribution in [0, 0.1) is 20.8 Å². The molecule has 0 unspecified atom stereocenters. The summed E-state index contributed by atoms with van der Waals surface area (Å²) in [4.78, 5) is 34.2. The Kier molecular flexibility index (Phi) is 4.82. The van der Waals surface area contributed by atoms with E-state index in [2.05, 4.69) is 48.2 Å². The SMILES string of the molecule is Cc1cc(C)c(-c2csc(NC(=O)Cn3cnc4sccc4c3=O)n2)cc1C.